The van der Waals surface area contributed by atoms with Gasteiger partial charge in [-0.2, -0.15) is 5.10 Å². The quantitative estimate of drug-likeness (QED) is 0.895. The third-order valence-electron chi connectivity index (χ3n) is 5.91. The number of nitrogens with zero attached hydrogens (tertiary/aromatic N) is 3. The molecule has 2 fully saturated rings. The summed E-state index contributed by atoms with van der Waals surface area (Å²) in [4.78, 5) is 2.62. The van der Waals surface area contributed by atoms with Crippen molar-refractivity contribution in [3.63, 3.8) is 0 Å². The topological polar surface area (TPSA) is 33.1 Å². The first-order valence-electron chi connectivity index (χ1n) is 8.21. The molecule has 3 heterocycles. The molecule has 3 aliphatic rings. The number of piperidine rings is 1. The molecule has 110 valence electrons. The van der Waals surface area contributed by atoms with E-state index in [2.05, 4.69) is 40.3 Å². The summed E-state index contributed by atoms with van der Waals surface area (Å²) in [5, 5.41) is 8.43. The minimum Gasteiger partial charge on any atom is -0.307 e. The van der Waals surface area contributed by atoms with Crippen LogP contribution in [0.4, 0.5) is 0 Å². The summed E-state index contributed by atoms with van der Waals surface area (Å²) >= 11 is 0. The smallest absolute Gasteiger partial charge is 0.0540 e. The van der Waals surface area contributed by atoms with Crippen LogP contribution in [0.3, 0.4) is 0 Å². The molecule has 1 aromatic rings. The summed E-state index contributed by atoms with van der Waals surface area (Å²) in [6, 6.07) is 2.89. The Labute approximate surface area is 121 Å². The van der Waals surface area contributed by atoms with Gasteiger partial charge < -0.3 is 10.2 Å². The second-order valence-electron chi connectivity index (χ2n) is 7.00. The first-order valence-corrected chi connectivity index (χ1v) is 8.21. The highest BCUT2D eigenvalue weighted by atomic mass is 15.3. The summed E-state index contributed by atoms with van der Waals surface area (Å²) in [5.41, 5.74) is 2.91. The highest BCUT2D eigenvalue weighted by molar-refractivity contribution is 5.25. The molecule has 4 rings (SSSR count). The van der Waals surface area contributed by atoms with Crippen LogP contribution < -0.4 is 5.32 Å². The summed E-state index contributed by atoms with van der Waals surface area (Å²) in [5.74, 6) is 0. The standard InChI is InChI=1S/C16H26N4/c1-19-12-6-7-13(19)9-11(8-12)18-15-4-3-5-16-14(15)10-17-20(16)2/h10-13,15,18H,3-9H2,1-2H3. The molecule has 0 saturated carbocycles. The third kappa shape index (κ3) is 2.01. The highest BCUT2D eigenvalue weighted by Gasteiger charge is 2.39. The summed E-state index contributed by atoms with van der Waals surface area (Å²) in [6.45, 7) is 0. The van der Waals surface area contributed by atoms with Gasteiger partial charge in [-0.05, 0) is 52.0 Å². The van der Waals surface area contributed by atoms with Crippen LogP contribution in [0.15, 0.2) is 6.20 Å². The van der Waals surface area contributed by atoms with Crippen molar-refractivity contribution in [2.45, 2.75) is 69.1 Å². The molecule has 1 aliphatic carbocycles. The van der Waals surface area contributed by atoms with Crippen LogP contribution in [-0.2, 0) is 13.5 Å². The van der Waals surface area contributed by atoms with Gasteiger partial charge in [-0.15, -0.1) is 0 Å². The van der Waals surface area contributed by atoms with Gasteiger partial charge in [0, 0.05) is 42.5 Å². The van der Waals surface area contributed by atoms with E-state index < -0.39 is 0 Å². The Bertz CT molecular complexity index is 481. The molecule has 0 aromatic carbocycles. The molecule has 1 N–H and O–H groups in total. The summed E-state index contributed by atoms with van der Waals surface area (Å²) in [6.07, 6.45) is 11.3. The van der Waals surface area contributed by atoms with Crippen molar-refractivity contribution < 1.29 is 0 Å². The number of hydrogen-bond acceptors (Lipinski definition) is 3. The van der Waals surface area contributed by atoms with Crippen molar-refractivity contribution in [3.8, 4) is 0 Å². The average Bonchev–Trinajstić information content (AvgIpc) is 2.89. The minimum atomic E-state index is 0.542. The van der Waals surface area contributed by atoms with E-state index in [9.17, 15) is 0 Å². The van der Waals surface area contributed by atoms with Crippen LogP contribution in [-0.4, -0.2) is 39.9 Å². The molecule has 2 saturated heterocycles. The van der Waals surface area contributed by atoms with Gasteiger partial charge in [-0.25, -0.2) is 0 Å². The minimum absolute atomic E-state index is 0.542. The predicted octanol–water partition coefficient (Wildman–Crippen LogP) is 2.01. The fourth-order valence-electron chi connectivity index (χ4n) is 4.71. The lowest BCUT2D eigenvalue weighted by Crippen LogP contribution is -2.48. The Hall–Kier alpha value is -0.870. The maximum absolute atomic E-state index is 4.46. The van der Waals surface area contributed by atoms with E-state index in [1.165, 1.54) is 56.2 Å². The second kappa shape index (κ2) is 4.85. The van der Waals surface area contributed by atoms with Gasteiger partial charge in [-0.3, -0.25) is 4.68 Å². The normalized spacial score (nSPS) is 37.1. The van der Waals surface area contributed by atoms with Crippen LogP contribution in [0, 0.1) is 0 Å². The van der Waals surface area contributed by atoms with Crippen molar-refractivity contribution in [3.05, 3.63) is 17.5 Å². The zero-order chi connectivity index (χ0) is 13.7. The lowest BCUT2D eigenvalue weighted by atomic mass is 9.90. The lowest BCUT2D eigenvalue weighted by molar-refractivity contribution is 0.141. The van der Waals surface area contributed by atoms with Gasteiger partial charge in [0.1, 0.15) is 0 Å². The Morgan fingerprint density at radius 2 is 1.90 bits per heavy atom. The Morgan fingerprint density at radius 3 is 2.65 bits per heavy atom. The van der Waals surface area contributed by atoms with Crippen LogP contribution in [0.5, 0.6) is 0 Å². The van der Waals surface area contributed by atoms with Gasteiger partial charge in [0.25, 0.3) is 0 Å². The van der Waals surface area contributed by atoms with Gasteiger partial charge in [0.2, 0.25) is 0 Å². The number of aryl methyl sites for hydroxylation is 1. The molecule has 4 nitrogen and oxygen atoms in total. The average molecular weight is 274 g/mol. The van der Waals surface area contributed by atoms with E-state index in [4.69, 9.17) is 0 Å². The molecule has 2 bridgehead atoms. The molecule has 3 atom stereocenters. The van der Waals surface area contributed by atoms with E-state index >= 15 is 0 Å². The van der Waals surface area contributed by atoms with E-state index in [0.29, 0.717) is 12.1 Å². The number of rotatable bonds is 2. The van der Waals surface area contributed by atoms with Crippen molar-refractivity contribution in [1.82, 2.24) is 20.0 Å². The summed E-state index contributed by atoms with van der Waals surface area (Å²) < 4.78 is 2.07. The molecule has 20 heavy (non-hydrogen) atoms. The van der Waals surface area contributed by atoms with Crippen molar-refractivity contribution in [2.75, 3.05) is 7.05 Å². The number of fused-ring (bicyclic) bond motifs is 3. The van der Waals surface area contributed by atoms with Gasteiger partial charge in [-0.1, -0.05) is 0 Å². The third-order valence-corrected chi connectivity index (χ3v) is 5.91. The predicted molar refractivity (Wildman–Crippen MR) is 79.6 cm³/mol. The van der Waals surface area contributed by atoms with Gasteiger partial charge in [0.05, 0.1) is 6.20 Å². The van der Waals surface area contributed by atoms with Gasteiger partial charge >= 0.3 is 0 Å². The van der Waals surface area contributed by atoms with E-state index in [1.54, 1.807) is 0 Å². The van der Waals surface area contributed by atoms with Crippen LogP contribution in [0.1, 0.15) is 55.8 Å². The zero-order valence-electron chi connectivity index (χ0n) is 12.7. The fourth-order valence-corrected chi connectivity index (χ4v) is 4.71. The number of aromatic nitrogens is 2. The van der Waals surface area contributed by atoms with Crippen molar-refractivity contribution in [2.24, 2.45) is 7.05 Å². The number of nitrogens with one attached hydrogen (secondary N) is 1. The molecule has 0 amide bonds. The molecular weight excluding hydrogens is 248 g/mol. The molecular formula is C16H26N4. The maximum Gasteiger partial charge on any atom is 0.0540 e. The summed E-state index contributed by atoms with van der Waals surface area (Å²) in [7, 11) is 4.40. The van der Waals surface area contributed by atoms with E-state index in [-0.39, 0.29) is 0 Å². The molecule has 0 radical (unpaired) electrons. The Morgan fingerprint density at radius 1 is 1.15 bits per heavy atom. The second-order valence-corrected chi connectivity index (χ2v) is 7.00. The molecule has 3 unspecified atom stereocenters. The molecule has 4 heteroatoms. The Kier molecular flexibility index (Phi) is 3.11. The zero-order valence-corrected chi connectivity index (χ0v) is 12.7. The SMILES string of the molecule is CN1C2CCC1CC(NC1CCCc3c1cnn3C)C2. The maximum atomic E-state index is 4.46. The molecule has 2 aliphatic heterocycles. The van der Waals surface area contributed by atoms with Crippen molar-refractivity contribution >= 4 is 0 Å². The molecule has 1 aromatic heterocycles. The van der Waals surface area contributed by atoms with Crippen LogP contribution >= 0.6 is 0 Å². The first-order chi connectivity index (χ1) is 9.72. The number of hydrogen-bond donors (Lipinski definition) is 1. The Balaban J connectivity index is 1.48. The van der Waals surface area contributed by atoms with Crippen molar-refractivity contribution in [1.29, 1.82) is 0 Å². The van der Waals surface area contributed by atoms with Crippen LogP contribution in [0.2, 0.25) is 0 Å². The largest absolute Gasteiger partial charge is 0.307 e. The lowest BCUT2D eigenvalue weighted by Gasteiger charge is -2.39. The van der Waals surface area contributed by atoms with Gasteiger partial charge in [0.15, 0.2) is 0 Å². The molecule has 0 spiro atoms. The monoisotopic (exact) mass is 274 g/mol. The highest BCUT2D eigenvalue weighted by Crippen LogP contribution is 2.36. The van der Waals surface area contributed by atoms with Crippen LogP contribution in [0.25, 0.3) is 0 Å². The fraction of sp³-hybridized carbons (Fsp3) is 0.812. The first kappa shape index (κ1) is 12.8. The van der Waals surface area contributed by atoms with E-state index in [0.717, 1.165) is 12.1 Å². The van der Waals surface area contributed by atoms with E-state index in [1.807, 2.05) is 0 Å².